The summed E-state index contributed by atoms with van der Waals surface area (Å²) < 4.78 is 16.3. The second-order valence-corrected chi connectivity index (χ2v) is 5.89. The van der Waals surface area contributed by atoms with Gasteiger partial charge in [-0.15, -0.1) is 5.10 Å². The minimum atomic E-state index is 0.447. The summed E-state index contributed by atoms with van der Waals surface area (Å²) in [5.74, 6) is 3.00. The van der Waals surface area contributed by atoms with Gasteiger partial charge in [-0.2, -0.15) is 0 Å². The van der Waals surface area contributed by atoms with E-state index >= 15 is 0 Å². The molecule has 6 heteroatoms. The number of rotatable bonds is 7. The molecule has 1 fully saturated rings. The summed E-state index contributed by atoms with van der Waals surface area (Å²) >= 11 is 0. The van der Waals surface area contributed by atoms with E-state index in [0.29, 0.717) is 18.5 Å². The van der Waals surface area contributed by atoms with Crippen LogP contribution in [0.15, 0.2) is 22.6 Å². The van der Waals surface area contributed by atoms with Crippen LogP contribution in [-0.4, -0.2) is 24.4 Å². The standard InChI is InChI=1S/C17H23N3O3/c1-21-14-7-8-15(22-2)13(10-14)11-18-17-20-19-16(23-17)9-12-5-3-4-6-12/h7-8,10,12H,3-6,9,11H2,1-2H3,(H,18,20). The first-order valence-corrected chi connectivity index (χ1v) is 8.05. The highest BCUT2D eigenvalue weighted by Crippen LogP contribution is 2.28. The number of hydrogen-bond donors (Lipinski definition) is 1. The summed E-state index contributed by atoms with van der Waals surface area (Å²) in [6, 6.07) is 6.13. The van der Waals surface area contributed by atoms with Crippen molar-refractivity contribution in [2.75, 3.05) is 19.5 Å². The molecule has 0 saturated heterocycles. The third kappa shape index (κ3) is 3.94. The summed E-state index contributed by atoms with van der Waals surface area (Å²) in [7, 11) is 3.30. The highest BCUT2D eigenvalue weighted by molar-refractivity contribution is 5.41. The van der Waals surface area contributed by atoms with Gasteiger partial charge in [0.2, 0.25) is 5.89 Å². The summed E-state index contributed by atoms with van der Waals surface area (Å²) in [4.78, 5) is 0. The maximum atomic E-state index is 5.69. The second kappa shape index (κ2) is 7.35. The number of anilines is 1. The van der Waals surface area contributed by atoms with Crippen molar-refractivity contribution in [3.05, 3.63) is 29.7 Å². The topological polar surface area (TPSA) is 69.4 Å². The van der Waals surface area contributed by atoms with E-state index in [9.17, 15) is 0 Å². The van der Waals surface area contributed by atoms with Crippen molar-refractivity contribution < 1.29 is 13.9 Å². The maximum absolute atomic E-state index is 5.69. The quantitative estimate of drug-likeness (QED) is 0.843. The van der Waals surface area contributed by atoms with Crippen molar-refractivity contribution in [2.24, 2.45) is 5.92 Å². The first-order valence-electron chi connectivity index (χ1n) is 8.05. The predicted molar refractivity (Wildman–Crippen MR) is 86.8 cm³/mol. The summed E-state index contributed by atoms with van der Waals surface area (Å²) in [5.41, 5.74) is 0.974. The van der Waals surface area contributed by atoms with E-state index in [2.05, 4.69) is 15.5 Å². The van der Waals surface area contributed by atoms with Crippen molar-refractivity contribution in [2.45, 2.75) is 38.6 Å². The van der Waals surface area contributed by atoms with Crippen molar-refractivity contribution in [3.63, 3.8) is 0 Å². The number of methoxy groups -OCH3 is 2. The molecule has 3 rings (SSSR count). The SMILES string of the molecule is COc1ccc(OC)c(CNc2nnc(CC3CCCC3)o2)c1. The molecule has 1 aliphatic carbocycles. The van der Waals surface area contributed by atoms with Gasteiger partial charge in [0.25, 0.3) is 0 Å². The van der Waals surface area contributed by atoms with Crippen molar-refractivity contribution >= 4 is 6.01 Å². The summed E-state index contributed by atoms with van der Waals surface area (Å²) in [6.45, 7) is 0.533. The normalized spacial score (nSPS) is 14.9. The second-order valence-electron chi connectivity index (χ2n) is 5.89. The molecule has 1 heterocycles. The zero-order chi connectivity index (χ0) is 16.1. The van der Waals surface area contributed by atoms with E-state index in [4.69, 9.17) is 13.9 Å². The van der Waals surface area contributed by atoms with Crippen LogP contribution in [-0.2, 0) is 13.0 Å². The number of nitrogens with zero attached hydrogens (tertiary/aromatic N) is 2. The van der Waals surface area contributed by atoms with Crippen LogP contribution < -0.4 is 14.8 Å². The molecule has 1 saturated carbocycles. The Labute approximate surface area is 136 Å². The Bertz CT molecular complexity index is 636. The Balaban J connectivity index is 1.60. The van der Waals surface area contributed by atoms with Crippen molar-refractivity contribution in [1.29, 1.82) is 0 Å². The van der Waals surface area contributed by atoms with E-state index in [1.807, 2.05) is 18.2 Å². The van der Waals surface area contributed by atoms with Crippen LogP contribution in [0.25, 0.3) is 0 Å². The van der Waals surface area contributed by atoms with Gasteiger partial charge >= 0.3 is 6.01 Å². The van der Waals surface area contributed by atoms with Crippen LogP contribution in [0.3, 0.4) is 0 Å². The Morgan fingerprint density at radius 1 is 1.17 bits per heavy atom. The molecule has 1 aromatic heterocycles. The average Bonchev–Trinajstić information content (AvgIpc) is 3.25. The lowest BCUT2D eigenvalue weighted by atomic mass is 10.0. The molecule has 0 radical (unpaired) electrons. The Kier molecular flexibility index (Phi) is 5.00. The van der Waals surface area contributed by atoms with Gasteiger partial charge in [0.15, 0.2) is 0 Å². The maximum Gasteiger partial charge on any atom is 0.315 e. The molecule has 23 heavy (non-hydrogen) atoms. The number of ether oxygens (including phenoxy) is 2. The third-order valence-electron chi connectivity index (χ3n) is 4.32. The fraction of sp³-hybridized carbons (Fsp3) is 0.529. The van der Waals surface area contributed by atoms with Gasteiger partial charge in [0, 0.05) is 18.5 Å². The van der Waals surface area contributed by atoms with Gasteiger partial charge in [-0.05, 0) is 37.0 Å². The van der Waals surface area contributed by atoms with Crippen molar-refractivity contribution in [1.82, 2.24) is 10.2 Å². The van der Waals surface area contributed by atoms with Gasteiger partial charge in [-0.25, -0.2) is 0 Å². The zero-order valence-electron chi connectivity index (χ0n) is 13.7. The number of nitrogens with one attached hydrogen (secondary N) is 1. The zero-order valence-corrected chi connectivity index (χ0v) is 13.7. The van der Waals surface area contributed by atoms with E-state index in [0.717, 1.165) is 29.4 Å². The van der Waals surface area contributed by atoms with Gasteiger partial charge in [-0.3, -0.25) is 0 Å². The molecule has 124 valence electrons. The van der Waals surface area contributed by atoms with Gasteiger partial charge in [-0.1, -0.05) is 17.9 Å². The number of benzene rings is 1. The average molecular weight is 317 g/mol. The highest BCUT2D eigenvalue weighted by atomic mass is 16.5. The largest absolute Gasteiger partial charge is 0.497 e. The van der Waals surface area contributed by atoms with Gasteiger partial charge in [0.1, 0.15) is 11.5 Å². The molecular weight excluding hydrogens is 294 g/mol. The minimum absolute atomic E-state index is 0.447. The Hall–Kier alpha value is -2.24. The molecule has 1 aliphatic rings. The van der Waals surface area contributed by atoms with Crippen LogP contribution in [0, 0.1) is 5.92 Å². The van der Waals surface area contributed by atoms with Crippen molar-refractivity contribution in [3.8, 4) is 11.5 Å². The fourth-order valence-corrected chi connectivity index (χ4v) is 3.06. The molecule has 6 nitrogen and oxygen atoms in total. The van der Waals surface area contributed by atoms with Crippen LogP contribution >= 0.6 is 0 Å². The lowest BCUT2D eigenvalue weighted by Gasteiger charge is -2.10. The summed E-state index contributed by atoms with van der Waals surface area (Å²) in [5, 5.41) is 11.4. The van der Waals surface area contributed by atoms with Crippen LogP contribution in [0.4, 0.5) is 6.01 Å². The lowest BCUT2D eigenvalue weighted by Crippen LogP contribution is -2.02. The highest BCUT2D eigenvalue weighted by Gasteiger charge is 2.18. The molecule has 0 spiro atoms. The first kappa shape index (κ1) is 15.6. The molecule has 0 bridgehead atoms. The molecule has 1 aromatic carbocycles. The number of hydrogen-bond acceptors (Lipinski definition) is 6. The van der Waals surface area contributed by atoms with Gasteiger partial charge in [0.05, 0.1) is 14.2 Å². The van der Waals surface area contributed by atoms with E-state index in [1.54, 1.807) is 14.2 Å². The minimum Gasteiger partial charge on any atom is -0.497 e. The first-order chi connectivity index (χ1) is 11.3. The van der Waals surface area contributed by atoms with Gasteiger partial charge < -0.3 is 19.2 Å². The Morgan fingerprint density at radius 3 is 2.74 bits per heavy atom. The van der Waals surface area contributed by atoms with E-state index in [1.165, 1.54) is 25.7 Å². The predicted octanol–water partition coefficient (Wildman–Crippen LogP) is 3.43. The molecule has 1 N–H and O–H groups in total. The molecule has 2 aromatic rings. The Morgan fingerprint density at radius 2 is 2.00 bits per heavy atom. The van der Waals surface area contributed by atoms with Crippen LogP contribution in [0.5, 0.6) is 11.5 Å². The summed E-state index contributed by atoms with van der Waals surface area (Å²) in [6.07, 6.45) is 6.06. The molecule has 0 amide bonds. The van der Waals surface area contributed by atoms with Crippen LogP contribution in [0.1, 0.15) is 37.1 Å². The monoisotopic (exact) mass is 317 g/mol. The smallest absolute Gasteiger partial charge is 0.315 e. The van der Waals surface area contributed by atoms with Crippen LogP contribution in [0.2, 0.25) is 0 Å². The molecule has 0 unspecified atom stereocenters. The van der Waals surface area contributed by atoms with E-state index in [-0.39, 0.29) is 0 Å². The molecule has 0 aliphatic heterocycles. The third-order valence-corrected chi connectivity index (χ3v) is 4.32. The lowest BCUT2D eigenvalue weighted by molar-refractivity contribution is 0.399. The van der Waals surface area contributed by atoms with E-state index < -0.39 is 0 Å². The fourth-order valence-electron chi connectivity index (χ4n) is 3.06. The number of aromatic nitrogens is 2. The molecular formula is C17H23N3O3. The molecule has 0 atom stereocenters.